The summed E-state index contributed by atoms with van der Waals surface area (Å²) in [5, 5.41) is 33.5. The molecule has 0 aliphatic heterocycles. The van der Waals surface area contributed by atoms with Gasteiger partial charge in [-0.25, -0.2) is 0 Å². The van der Waals surface area contributed by atoms with Crippen LogP contribution in [0.15, 0.2) is 12.2 Å². The maximum absolute atomic E-state index is 12.6. The molecule has 0 radical (unpaired) electrons. The van der Waals surface area contributed by atoms with Gasteiger partial charge >= 0.3 is 0 Å². The topological polar surface area (TPSA) is 89.8 Å². The molecule has 5 heteroatoms. The van der Waals surface area contributed by atoms with Crippen LogP contribution < -0.4 is 5.32 Å². The van der Waals surface area contributed by atoms with E-state index in [1.54, 1.807) is 6.08 Å². The highest BCUT2D eigenvalue weighted by Crippen LogP contribution is 2.19. The van der Waals surface area contributed by atoms with Gasteiger partial charge in [0.25, 0.3) is 0 Å². The lowest BCUT2D eigenvalue weighted by Crippen LogP contribution is -2.48. The molecule has 418 valence electrons. The minimum atomic E-state index is -1.09. The van der Waals surface area contributed by atoms with Crippen molar-refractivity contribution in [2.24, 2.45) is 0 Å². The zero-order chi connectivity index (χ0) is 50.7. The number of hydrogen-bond donors (Lipinski definition) is 4. The SMILES string of the molecule is CCCCCCCCCCCCCCCCCCCCCC/C=C/C(O)C(CO)NC(=O)C(O)CCCCCCCCCCCCCCCCCCCCCCCCCCCCCCCCCCCC. The molecule has 0 aromatic rings. The van der Waals surface area contributed by atoms with Gasteiger partial charge in [0.05, 0.1) is 18.8 Å². The van der Waals surface area contributed by atoms with Crippen molar-refractivity contribution in [3.8, 4) is 0 Å². The fraction of sp³-hybridized carbons (Fsp3) is 0.954. The average molecular weight is 989 g/mol. The van der Waals surface area contributed by atoms with Gasteiger partial charge in [0, 0.05) is 0 Å². The van der Waals surface area contributed by atoms with Crippen molar-refractivity contribution in [3.05, 3.63) is 12.2 Å². The lowest BCUT2D eigenvalue weighted by Gasteiger charge is -2.21. The molecule has 0 aliphatic carbocycles. The monoisotopic (exact) mass is 988 g/mol. The van der Waals surface area contributed by atoms with E-state index in [0.717, 1.165) is 32.1 Å². The molecule has 0 saturated carbocycles. The summed E-state index contributed by atoms with van der Waals surface area (Å²) in [6.07, 6.45) is 77.6. The molecule has 0 aromatic heterocycles. The van der Waals surface area contributed by atoms with Gasteiger partial charge in [-0.05, 0) is 19.3 Å². The smallest absolute Gasteiger partial charge is 0.249 e. The van der Waals surface area contributed by atoms with E-state index in [2.05, 4.69) is 19.2 Å². The normalized spacial score (nSPS) is 13.2. The van der Waals surface area contributed by atoms with E-state index in [9.17, 15) is 20.1 Å². The summed E-state index contributed by atoms with van der Waals surface area (Å²) in [6.45, 7) is 4.24. The van der Waals surface area contributed by atoms with E-state index in [1.165, 1.54) is 321 Å². The molecule has 70 heavy (non-hydrogen) atoms. The van der Waals surface area contributed by atoms with Gasteiger partial charge in [0.2, 0.25) is 5.91 Å². The molecule has 0 saturated heterocycles. The summed E-state index contributed by atoms with van der Waals surface area (Å²) in [5.74, 6) is -0.494. The molecular weight excluding hydrogens is 859 g/mol. The van der Waals surface area contributed by atoms with Crippen molar-refractivity contribution in [1.82, 2.24) is 5.32 Å². The Morgan fingerprint density at radius 2 is 0.557 bits per heavy atom. The Balaban J connectivity index is 3.46. The number of allylic oxidation sites excluding steroid dienone is 1. The number of carbonyl (C=O) groups excluding carboxylic acids is 1. The Hall–Kier alpha value is -0.910. The molecule has 0 bridgehead atoms. The van der Waals surface area contributed by atoms with E-state index >= 15 is 0 Å². The third-order valence-corrected chi connectivity index (χ3v) is 15.6. The third kappa shape index (κ3) is 54.9. The predicted octanol–water partition coefficient (Wildman–Crippen LogP) is 20.6. The Morgan fingerprint density at radius 1 is 0.343 bits per heavy atom. The van der Waals surface area contributed by atoms with Gasteiger partial charge in [-0.2, -0.15) is 0 Å². The second kappa shape index (κ2) is 60.6. The first-order valence-corrected chi connectivity index (χ1v) is 32.5. The third-order valence-electron chi connectivity index (χ3n) is 15.6. The van der Waals surface area contributed by atoms with Crippen LogP contribution in [0.2, 0.25) is 0 Å². The van der Waals surface area contributed by atoms with Gasteiger partial charge in [0.1, 0.15) is 6.10 Å². The zero-order valence-corrected chi connectivity index (χ0v) is 47.9. The summed E-state index contributed by atoms with van der Waals surface area (Å²) in [7, 11) is 0. The quantitative estimate of drug-likeness (QED) is 0.0361. The molecule has 0 fully saturated rings. The molecule has 0 aliphatic rings. The molecule has 1 amide bonds. The Morgan fingerprint density at radius 3 is 0.786 bits per heavy atom. The van der Waals surface area contributed by atoms with Crippen LogP contribution in [0.3, 0.4) is 0 Å². The van der Waals surface area contributed by atoms with E-state index in [0.29, 0.717) is 6.42 Å². The van der Waals surface area contributed by atoms with Crippen molar-refractivity contribution in [2.75, 3.05) is 6.61 Å². The van der Waals surface area contributed by atoms with E-state index in [4.69, 9.17) is 0 Å². The number of unbranched alkanes of at least 4 members (excludes halogenated alkanes) is 53. The number of nitrogens with one attached hydrogen (secondary N) is 1. The number of aliphatic hydroxyl groups is 3. The maximum atomic E-state index is 12.6. The number of carbonyl (C=O) groups is 1. The lowest BCUT2D eigenvalue weighted by molar-refractivity contribution is -0.131. The molecule has 5 nitrogen and oxygen atoms in total. The second-order valence-electron chi connectivity index (χ2n) is 22.7. The van der Waals surface area contributed by atoms with E-state index in [-0.39, 0.29) is 6.61 Å². The lowest BCUT2D eigenvalue weighted by atomic mass is 10.0. The molecule has 4 N–H and O–H groups in total. The fourth-order valence-electron chi connectivity index (χ4n) is 10.6. The van der Waals surface area contributed by atoms with E-state index < -0.39 is 24.2 Å². The highest BCUT2D eigenvalue weighted by molar-refractivity contribution is 5.80. The summed E-state index contributed by atoms with van der Waals surface area (Å²) in [6, 6.07) is -0.795. The first kappa shape index (κ1) is 69.1. The largest absolute Gasteiger partial charge is 0.394 e. The molecule has 0 heterocycles. The van der Waals surface area contributed by atoms with Crippen molar-refractivity contribution >= 4 is 5.91 Å². The average Bonchev–Trinajstić information content (AvgIpc) is 3.36. The second-order valence-corrected chi connectivity index (χ2v) is 22.7. The molecule has 0 spiro atoms. The Bertz CT molecular complexity index is 1000. The van der Waals surface area contributed by atoms with Gasteiger partial charge in [-0.15, -0.1) is 0 Å². The molecule has 3 atom stereocenters. The van der Waals surface area contributed by atoms with Crippen molar-refractivity contribution in [1.29, 1.82) is 0 Å². The zero-order valence-electron chi connectivity index (χ0n) is 47.9. The Kier molecular flexibility index (Phi) is 59.9. The van der Waals surface area contributed by atoms with Crippen LogP contribution in [-0.4, -0.2) is 46.1 Å². The highest BCUT2D eigenvalue weighted by atomic mass is 16.3. The standard InChI is InChI=1S/C65H129NO4/c1-3-5-7-9-11-13-15-17-19-21-23-25-27-28-29-30-31-32-33-34-35-36-37-38-40-42-44-46-48-50-52-54-56-58-60-64(69)65(70)66-62(61-67)63(68)59-57-55-53-51-49-47-45-43-41-39-26-24-22-20-18-16-14-12-10-8-6-4-2/h57,59,62-64,67-69H,3-56,58,60-61H2,1-2H3,(H,66,70)/b59-57+. The number of aliphatic hydroxyl groups excluding tert-OH is 3. The highest BCUT2D eigenvalue weighted by Gasteiger charge is 2.22. The fourth-order valence-corrected chi connectivity index (χ4v) is 10.6. The predicted molar refractivity (Wildman–Crippen MR) is 310 cm³/mol. The maximum Gasteiger partial charge on any atom is 0.249 e. The van der Waals surface area contributed by atoms with Gasteiger partial charge in [-0.3, -0.25) is 4.79 Å². The van der Waals surface area contributed by atoms with Crippen LogP contribution in [0.1, 0.15) is 373 Å². The van der Waals surface area contributed by atoms with Crippen LogP contribution in [0.25, 0.3) is 0 Å². The van der Waals surface area contributed by atoms with Crippen molar-refractivity contribution < 1.29 is 20.1 Å². The number of rotatable bonds is 61. The van der Waals surface area contributed by atoms with Crippen LogP contribution in [0, 0.1) is 0 Å². The molecule has 3 unspecified atom stereocenters. The van der Waals surface area contributed by atoms with Crippen molar-refractivity contribution in [2.45, 2.75) is 392 Å². The van der Waals surface area contributed by atoms with Crippen LogP contribution >= 0.6 is 0 Å². The minimum Gasteiger partial charge on any atom is -0.394 e. The Labute approximate surface area is 440 Å². The van der Waals surface area contributed by atoms with Gasteiger partial charge in [0.15, 0.2) is 0 Å². The van der Waals surface area contributed by atoms with Gasteiger partial charge < -0.3 is 20.6 Å². The minimum absolute atomic E-state index is 0.358. The first-order valence-electron chi connectivity index (χ1n) is 32.5. The summed E-state index contributed by atoms with van der Waals surface area (Å²) >= 11 is 0. The van der Waals surface area contributed by atoms with E-state index in [1.807, 2.05) is 6.08 Å². The van der Waals surface area contributed by atoms with Gasteiger partial charge in [-0.1, -0.05) is 366 Å². The van der Waals surface area contributed by atoms with Crippen molar-refractivity contribution in [3.63, 3.8) is 0 Å². The summed E-state index contributed by atoms with van der Waals surface area (Å²) < 4.78 is 0. The first-order chi connectivity index (χ1) is 34.6. The van der Waals surface area contributed by atoms with Crippen LogP contribution in [0.4, 0.5) is 0 Å². The van der Waals surface area contributed by atoms with Crippen LogP contribution in [0.5, 0.6) is 0 Å². The number of hydrogen-bond acceptors (Lipinski definition) is 4. The molecule has 0 rings (SSSR count). The summed E-state index contributed by atoms with van der Waals surface area (Å²) in [5.41, 5.74) is 0. The molecule has 0 aromatic carbocycles. The van der Waals surface area contributed by atoms with Crippen LogP contribution in [-0.2, 0) is 4.79 Å². The summed E-state index contributed by atoms with van der Waals surface area (Å²) in [4.78, 5) is 12.6. The number of amides is 1. The molecular formula is C65H129NO4.